The van der Waals surface area contributed by atoms with Crippen LogP contribution in [0.4, 0.5) is 0 Å². The molecule has 0 spiro atoms. The van der Waals surface area contributed by atoms with Crippen LogP contribution in [-0.4, -0.2) is 38.1 Å². The first kappa shape index (κ1) is 11.9. The molecule has 0 aliphatic heterocycles. The zero-order chi connectivity index (χ0) is 9.40. The molecular weight excluding hydrogens is 148 g/mol. The highest BCUT2D eigenvalue weighted by Gasteiger charge is 2.05. The highest BCUT2D eigenvalue weighted by Crippen LogP contribution is 1.96. The summed E-state index contributed by atoms with van der Waals surface area (Å²) in [6.45, 7) is 6.87. The second-order valence-corrected chi connectivity index (χ2v) is 3.51. The van der Waals surface area contributed by atoms with Gasteiger partial charge in [0.25, 0.3) is 0 Å². The zero-order valence-electron chi connectivity index (χ0n) is 9.06. The number of rotatable bonds is 7. The van der Waals surface area contributed by atoms with E-state index in [4.69, 9.17) is 0 Å². The lowest BCUT2D eigenvalue weighted by molar-refractivity contribution is 0.287. The maximum absolute atomic E-state index is 3.32. The molecule has 0 fully saturated rings. The van der Waals surface area contributed by atoms with E-state index in [1.165, 1.54) is 32.4 Å². The van der Waals surface area contributed by atoms with Gasteiger partial charge in [-0.1, -0.05) is 20.3 Å². The number of hydrogen-bond acceptors (Lipinski definition) is 2. The van der Waals surface area contributed by atoms with Gasteiger partial charge in [0, 0.05) is 12.6 Å². The molecular formula is C10H24N2. The fourth-order valence-corrected chi connectivity index (χ4v) is 1.32. The van der Waals surface area contributed by atoms with Crippen LogP contribution in [-0.2, 0) is 0 Å². The van der Waals surface area contributed by atoms with Crippen LogP contribution < -0.4 is 5.32 Å². The molecule has 0 rings (SSSR count). The number of hydrogen-bond donors (Lipinski definition) is 1. The van der Waals surface area contributed by atoms with Crippen LogP contribution in [0.25, 0.3) is 0 Å². The van der Waals surface area contributed by atoms with Crippen molar-refractivity contribution in [2.75, 3.05) is 27.2 Å². The Morgan fingerprint density at radius 3 is 2.42 bits per heavy atom. The Labute approximate surface area is 77.3 Å². The molecule has 2 heteroatoms. The minimum absolute atomic E-state index is 0.659. The molecule has 0 bridgehead atoms. The van der Waals surface area contributed by atoms with E-state index in [0.717, 1.165) is 0 Å². The van der Waals surface area contributed by atoms with Gasteiger partial charge in [0.15, 0.2) is 0 Å². The first-order valence-electron chi connectivity index (χ1n) is 5.10. The summed E-state index contributed by atoms with van der Waals surface area (Å²) in [5.74, 6) is 0. The van der Waals surface area contributed by atoms with Crippen LogP contribution in [0.3, 0.4) is 0 Å². The molecule has 1 unspecified atom stereocenters. The number of likely N-dealkylation sites (N-methyl/N-ethyl adjacent to an activating group) is 2. The molecule has 0 aromatic heterocycles. The molecule has 0 aliphatic carbocycles. The Balaban J connectivity index is 3.44. The predicted molar refractivity (Wildman–Crippen MR) is 55.5 cm³/mol. The third-order valence-electron chi connectivity index (χ3n) is 2.33. The van der Waals surface area contributed by atoms with Crippen molar-refractivity contribution in [2.24, 2.45) is 0 Å². The zero-order valence-corrected chi connectivity index (χ0v) is 9.06. The van der Waals surface area contributed by atoms with Gasteiger partial charge in [0.2, 0.25) is 0 Å². The Morgan fingerprint density at radius 2 is 2.00 bits per heavy atom. The van der Waals surface area contributed by atoms with Gasteiger partial charge in [0.05, 0.1) is 0 Å². The Kier molecular flexibility index (Phi) is 7.51. The predicted octanol–water partition coefficient (Wildman–Crippen LogP) is 1.72. The molecule has 0 radical (unpaired) electrons. The van der Waals surface area contributed by atoms with E-state index in [1.54, 1.807) is 0 Å². The van der Waals surface area contributed by atoms with E-state index in [9.17, 15) is 0 Å². The van der Waals surface area contributed by atoms with Gasteiger partial charge in [-0.25, -0.2) is 0 Å². The second-order valence-electron chi connectivity index (χ2n) is 3.51. The standard InChI is InChI=1S/C10H24N2/c1-5-7-8-12(4)9-10(6-2)11-3/h10-11H,5-9H2,1-4H3. The quantitative estimate of drug-likeness (QED) is 0.629. The van der Waals surface area contributed by atoms with Crippen LogP contribution in [0.2, 0.25) is 0 Å². The van der Waals surface area contributed by atoms with Crippen LogP contribution in [0.5, 0.6) is 0 Å². The monoisotopic (exact) mass is 172 g/mol. The van der Waals surface area contributed by atoms with Crippen molar-refractivity contribution in [1.82, 2.24) is 10.2 Å². The van der Waals surface area contributed by atoms with Crippen molar-refractivity contribution < 1.29 is 0 Å². The van der Waals surface area contributed by atoms with Crippen molar-refractivity contribution in [2.45, 2.75) is 39.2 Å². The van der Waals surface area contributed by atoms with E-state index in [0.29, 0.717) is 6.04 Å². The molecule has 1 N–H and O–H groups in total. The summed E-state index contributed by atoms with van der Waals surface area (Å²) in [4.78, 5) is 2.41. The number of nitrogens with one attached hydrogen (secondary N) is 1. The summed E-state index contributed by atoms with van der Waals surface area (Å²) in [6.07, 6.45) is 3.82. The van der Waals surface area contributed by atoms with Crippen molar-refractivity contribution in [3.8, 4) is 0 Å². The molecule has 0 heterocycles. The minimum Gasteiger partial charge on any atom is -0.316 e. The van der Waals surface area contributed by atoms with E-state index in [1.807, 2.05) is 7.05 Å². The lowest BCUT2D eigenvalue weighted by atomic mass is 10.2. The summed E-state index contributed by atoms with van der Waals surface area (Å²) in [5, 5.41) is 3.32. The molecule has 1 atom stereocenters. The van der Waals surface area contributed by atoms with Crippen molar-refractivity contribution in [1.29, 1.82) is 0 Å². The average molecular weight is 172 g/mol. The highest BCUT2D eigenvalue weighted by atomic mass is 15.1. The summed E-state index contributed by atoms with van der Waals surface area (Å²) >= 11 is 0. The summed E-state index contributed by atoms with van der Waals surface area (Å²) in [5.41, 5.74) is 0. The fraction of sp³-hybridized carbons (Fsp3) is 1.00. The molecule has 0 saturated heterocycles. The molecule has 12 heavy (non-hydrogen) atoms. The number of unbranched alkanes of at least 4 members (excludes halogenated alkanes) is 1. The van der Waals surface area contributed by atoms with Gasteiger partial charge in [-0.3, -0.25) is 0 Å². The van der Waals surface area contributed by atoms with Crippen molar-refractivity contribution in [3.05, 3.63) is 0 Å². The van der Waals surface area contributed by atoms with E-state index >= 15 is 0 Å². The largest absolute Gasteiger partial charge is 0.316 e. The van der Waals surface area contributed by atoms with E-state index in [2.05, 4.69) is 31.1 Å². The van der Waals surface area contributed by atoms with Gasteiger partial charge in [0.1, 0.15) is 0 Å². The lowest BCUT2D eigenvalue weighted by Crippen LogP contribution is -2.37. The van der Waals surface area contributed by atoms with Gasteiger partial charge in [-0.2, -0.15) is 0 Å². The van der Waals surface area contributed by atoms with E-state index in [-0.39, 0.29) is 0 Å². The Hall–Kier alpha value is -0.0800. The lowest BCUT2D eigenvalue weighted by Gasteiger charge is -2.22. The maximum Gasteiger partial charge on any atom is 0.0189 e. The molecule has 0 amide bonds. The van der Waals surface area contributed by atoms with Gasteiger partial charge in [-0.15, -0.1) is 0 Å². The average Bonchev–Trinajstić information content (AvgIpc) is 2.10. The molecule has 0 saturated carbocycles. The Bertz CT molecular complexity index is 89.8. The van der Waals surface area contributed by atoms with Crippen molar-refractivity contribution >= 4 is 0 Å². The van der Waals surface area contributed by atoms with Crippen molar-refractivity contribution in [3.63, 3.8) is 0 Å². The SMILES string of the molecule is CCCCN(C)CC(CC)NC. The fourth-order valence-electron chi connectivity index (χ4n) is 1.32. The molecule has 0 aliphatic rings. The third kappa shape index (κ3) is 5.56. The molecule has 2 nitrogen and oxygen atoms in total. The maximum atomic E-state index is 3.32. The summed E-state index contributed by atoms with van der Waals surface area (Å²) < 4.78 is 0. The van der Waals surface area contributed by atoms with Crippen LogP contribution >= 0.6 is 0 Å². The summed E-state index contributed by atoms with van der Waals surface area (Å²) in [6, 6.07) is 0.659. The van der Waals surface area contributed by atoms with Gasteiger partial charge >= 0.3 is 0 Å². The van der Waals surface area contributed by atoms with Crippen LogP contribution in [0, 0.1) is 0 Å². The highest BCUT2D eigenvalue weighted by molar-refractivity contribution is 4.66. The van der Waals surface area contributed by atoms with Gasteiger partial charge in [-0.05, 0) is 33.5 Å². The first-order chi connectivity index (χ1) is 5.74. The molecule has 0 aromatic rings. The topological polar surface area (TPSA) is 15.3 Å². The molecule has 0 aromatic carbocycles. The van der Waals surface area contributed by atoms with Crippen LogP contribution in [0.1, 0.15) is 33.1 Å². The smallest absolute Gasteiger partial charge is 0.0189 e. The third-order valence-corrected chi connectivity index (χ3v) is 2.33. The van der Waals surface area contributed by atoms with Gasteiger partial charge < -0.3 is 10.2 Å². The minimum atomic E-state index is 0.659. The number of nitrogens with zero attached hydrogens (tertiary/aromatic N) is 1. The van der Waals surface area contributed by atoms with Crippen LogP contribution in [0.15, 0.2) is 0 Å². The normalized spacial score (nSPS) is 13.8. The summed E-state index contributed by atoms with van der Waals surface area (Å²) in [7, 11) is 4.25. The van der Waals surface area contributed by atoms with E-state index < -0.39 is 0 Å². The first-order valence-corrected chi connectivity index (χ1v) is 5.10. The second kappa shape index (κ2) is 7.56. The Morgan fingerprint density at radius 1 is 1.33 bits per heavy atom. The molecule has 74 valence electrons.